The Morgan fingerprint density at radius 2 is 1.63 bits per heavy atom. The molecule has 0 unspecified atom stereocenters. The molecule has 0 saturated heterocycles. The van der Waals surface area contributed by atoms with Crippen molar-refractivity contribution in [2.45, 2.75) is 6.54 Å². The standard InChI is InChI=1S/C16H11NO2/c18-16(19)17-11-14-7-2-1-5-12(14)9-10-13-6-3-4-8-15(13)17/h1-8H,11H2,(H,18,19). The van der Waals surface area contributed by atoms with E-state index in [1.165, 1.54) is 4.90 Å². The first-order chi connectivity index (χ1) is 9.25. The highest BCUT2D eigenvalue weighted by Crippen LogP contribution is 2.25. The maximum absolute atomic E-state index is 11.5. The molecule has 0 aromatic heterocycles. The summed E-state index contributed by atoms with van der Waals surface area (Å²) in [6.45, 7) is 0.317. The van der Waals surface area contributed by atoms with Gasteiger partial charge >= 0.3 is 6.09 Å². The number of hydrogen-bond donors (Lipinski definition) is 1. The fourth-order valence-corrected chi connectivity index (χ4v) is 2.16. The van der Waals surface area contributed by atoms with Gasteiger partial charge in [-0.1, -0.05) is 42.2 Å². The number of rotatable bonds is 0. The van der Waals surface area contributed by atoms with E-state index in [9.17, 15) is 9.90 Å². The Morgan fingerprint density at radius 3 is 2.42 bits per heavy atom. The quantitative estimate of drug-likeness (QED) is 0.729. The molecular formula is C16H11NO2. The zero-order valence-corrected chi connectivity index (χ0v) is 10.1. The van der Waals surface area contributed by atoms with Crippen LogP contribution in [-0.4, -0.2) is 11.2 Å². The topological polar surface area (TPSA) is 40.5 Å². The monoisotopic (exact) mass is 249 g/mol. The van der Waals surface area contributed by atoms with Gasteiger partial charge in [0, 0.05) is 11.1 Å². The zero-order chi connectivity index (χ0) is 13.2. The molecular weight excluding hydrogens is 238 g/mol. The maximum atomic E-state index is 11.5. The van der Waals surface area contributed by atoms with Crippen LogP contribution in [0.5, 0.6) is 0 Å². The van der Waals surface area contributed by atoms with E-state index in [1.54, 1.807) is 6.07 Å². The molecule has 0 spiro atoms. The molecule has 2 aromatic rings. The maximum Gasteiger partial charge on any atom is 0.412 e. The number of nitrogens with zero attached hydrogens (tertiary/aromatic N) is 1. The summed E-state index contributed by atoms with van der Waals surface area (Å²) < 4.78 is 0. The number of para-hydroxylation sites is 1. The second-order valence-corrected chi connectivity index (χ2v) is 4.29. The van der Waals surface area contributed by atoms with Crippen LogP contribution in [0, 0.1) is 11.8 Å². The van der Waals surface area contributed by atoms with Crippen molar-refractivity contribution < 1.29 is 9.90 Å². The SMILES string of the molecule is O=C(O)N1Cc2ccccc2C#Cc2ccccc21. The average molecular weight is 249 g/mol. The number of carbonyl (C=O) groups is 1. The summed E-state index contributed by atoms with van der Waals surface area (Å²) in [5.41, 5.74) is 3.17. The Morgan fingerprint density at radius 1 is 1.00 bits per heavy atom. The zero-order valence-electron chi connectivity index (χ0n) is 10.1. The molecule has 1 heterocycles. The van der Waals surface area contributed by atoms with Crippen LogP contribution in [0.15, 0.2) is 48.5 Å². The highest BCUT2D eigenvalue weighted by molar-refractivity contribution is 5.88. The van der Waals surface area contributed by atoms with Crippen molar-refractivity contribution in [3.05, 3.63) is 65.2 Å². The van der Waals surface area contributed by atoms with Gasteiger partial charge in [0.2, 0.25) is 0 Å². The van der Waals surface area contributed by atoms with Gasteiger partial charge in [0.25, 0.3) is 0 Å². The van der Waals surface area contributed by atoms with Crippen LogP contribution in [0.1, 0.15) is 16.7 Å². The first kappa shape index (κ1) is 11.4. The number of hydrogen-bond acceptors (Lipinski definition) is 1. The van der Waals surface area contributed by atoms with Crippen LogP contribution in [0.25, 0.3) is 0 Å². The molecule has 0 saturated carbocycles. The number of anilines is 1. The number of carboxylic acid groups (broad SMARTS) is 1. The van der Waals surface area contributed by atoms with Crippen LogP contribution in [0.2, 0.25) is 0 Å². The minimum absolute atomic E-state index is 0.317. The molecule has 0 aliphatic carbocycles. The average Bonchev–Trinajstić information content (AvgIpc) is 2.41. The third kappa shape index (κ3) is 2.04. The summed E-state index contributed by atoms with van der Waals surface area (Å²) in [7, 11) is 0. The molecule has 1 N–H and O–H groups in total. The normalized spacial score (nSPS) is 12.3. The van der Waals surface area contributed by atoms with Crippen LogP contribution in [-0.2, 0) is 6.54 Å². The van der Waals surface area contributed by atoms with Crippen molar-refractivity contribution in [2.75, 3.05) is 4.90 Å². The summed E-state index contributed by atoms with van der Waals surface area (Å²) >= 11 is 0. The van der Waals surface area contributed by atoms with Gasteiger partial charge < -0.3 is 5.11 Å². The Labute approximate surface area is 111 Å². The van der Waals surface area contributed by atoms with Crippen LogP contribution in [0.4, 0.5) is 10.5 Å². The van der Waals surface area contributed by atoms with E-state index >= 15 is 0 Å². The molecule has 0 atom stereocenters. The van der Waals surface area contributed by atoms with E-state index in [1.807, 2.05) is 42.5 Å². The van der Waals surface area contributed by atoms with Crippen LogP contribution < -0.4 is 4.90 Å². The number of benzene rings is 2. The van der Waals surface area contributed by atoms with Gasteiger partial charge in [-0.25, -0.2) is 4.79 Å². The van der Waals surface area contributed by atoms with Gasteiger partial charge in [0.15, 0.2) is 0 Å². The number of fused-ring (bicyclic) bond motifs is 2. The second-order valence-electron chi connectivity index (χ2n) is 4.29. The van der Waals surface area contributed by atoms with Gasteiger partial charge in [-0.2, -0.15) is 0 Å². The highest BCUT2D eigenvalue weighted by Gasteiger charge is 2.19. The fraction of sp³-hybridized carbons (Fsp3) is 0.0625. The summed E-state index contributed by atoms with van der Waals surface area (Å²) in [6, 6.07) is 14.9. The first-order valence-electron chi connectivity index (χ1n) is 5.95. The molecule has 92 valence electrons. The second kappa shape index (κ2) is 4.51. The van der Waals surface area contributed by atoms with Crippen molar-refractivity contribution in [3.8, 4) is 11.8 Å². The first-order valence-corrected chi connectivity index (χ1v) is 5.95. The van der Waals surface area contributed by atoms with Gasteiger partial charge in [-0.3, -0.25) is 4.90 Å². The predicted molar refractivity (Wildman–Crippen MR) is 73.1 cm³/mol. The molecule has 2 aromatic carbocycles. The van der Waals surface area contributed by atoms with E-state index in [4.69, 9.17) is 0 Å². The third-order valence-electron chi connectivity index (χ3n) is 3.10. The van der Waals surface area contributed by atoms with Crippen molar-refractivity contribution in [1.29, 1.82) is 0 Å². The molecule has 0 fully saturated rings. The lowest BCUT2D eigenvalue weighted by molar-refractivity contribution is 0.201. The van der Waals surface area contributed by atoms with Crippen molar-refractivity contribution in [2.24, 2.45) is 0 Å². The Balaban J connectivity index is 2.23. The van der Waals surface area contributed by atoms with Gasteiger partial charge in [-0.15, -0.1) is 0 Å². The van der Waals surface area contributed by atoms with Crippen LogP contribution >= 0.6 is 0 Å². The summed E-state index contributed by atoms with van der Waals surface area (Å²) in [5.74, 6) is 6.16. The van der Waals surface area contributed by atoms with E-state index in [0.717, 1.165) is 16.7 Å². The number of amides is 1. The lowest BCUT2D eigenvalue weighted by Gasteiger charge is -2.22. The van der Waals surface area contributed by atoms with Crippen LogP contribution in [0.3, 0.4) is 0 Å². The minimum atomic E-state index is -0.967. The predicted octanol–water partition coefficient (Wildman–Crippen LogP) is 3.08. The Hall–Kier alpha value is -2.73. The van der Waals surface area contributed by atoms with E-state index in [0.29, 0.717) is 12.2 Å². The third-order valence-corrected chi connectivity index (χ3v) is 3.10. The Kier molecular flexibility index (Phi) is 2.70. The van der Waals surface area contributed by atoms with Gasteiger partial charge in [0.05, 0.1) is 12.2 Å². The lowest BCUT2D eigenvalue weighted by atomic mass is 10.0. The summed E-state index contributed by atoms with van der Waals surface area (Å²) in [5, 5.41) is 9.41. The molecule has 19 heavy (non-hydrogen) atoms. The van der Waals surface area contributed by atoms with E-state index < -0.39 is 6.09 Å². The van der Waals surface area contributed by atoms with E-state index in [2.05, 4.69) is 11.8 Å². The lowest BCUT2D eigenvalue weighted by Crippen LogP contribution is -2.30. The molecule has 1 aliphatic heterocycles. The fourth-order valence-electron chi connectivity index (χ4n) is 2.16. The minimum Gasteiger partial charge on any atom is -0.465 e. The van der Waals surface area contributed by atoms with E-state index in [-0.39, 0.29) is 0 Å². The molecule has 0 radical (unpaired) electrons. The summed E-state index contributed by atoms with van der Waals surface area (Å²) in [6.07, 6.45) is -0.967. The summed E-state index contributed by atoms with van der Waals surface area (Å²) in [4.78, 5) is 12.8. The molecule has 3 nitrogen and oxygen atoms in total. The molecule has 1 amide bonds. The van der Waals surface area contributed by atoms with Gasteiger partial charge in [0.1, 0.15) is 0 Å². The molecule has 1 aliphatic rings. The largest absolute Gasteiger partial charge is 0.465 e. The molecule has 3 heteroatoms. The van der Waals surface area contributed by atoms with Crippen molar-refractivity contribution >= 4 is 11.8 Å². The highest BCUT2D eigenvalue weighted by atomic mass is 16.4. The smallest absolute Gasteiger partial charge is 0.412 e. The molecule has 0 bridgehead atoms. The van der Waals surface area contributed by atoms with Crippen molar-refractivity contribution in [1.82, 2.24) is 0 Å². The Bertz CT molecular complexity index is 710. The van der Waals surface area contributed by atoms with Gasteiger partial charge in [-0.05, 0) is 23.8 Å². The molecule has 3 rings (SSSR count). The van der Waals surface area contributed by atoms with Crippen molar-refractivity contribution in [3.63, 3.8) is 0 Å².